The summed E-state index contributed by atoms with van der Waals surface area (Å²) in [5, 5.41) is 0. The molecule has 0 atom stereocenters. The summed E-state index contributed by atoms with van der Waals surface area (Å²) >= 11 is 1.62. The number of ether oxygens (including phenoxy) is 1. The topological polar surface area (TPSA) is 58.2 Å². The van der Waals surface area contributed by atoms with Crippen molar-refractivity contribution in [3.05, 3.63) is 40.0 Å². The molecule has 1 amide bonds. The smallest absolute Gasteiger partial charge is 0.264 e. The number of fused-ring (bicyclic) bond motifs is 1. The van der Waals surface area contributed by atoms with Gasteiger partial charge in [0, 0.05) is 37.2 Å². The highest BCUT2D eigenvalue weighted by molar-refractivity contribution is 7.21. The van der Waals surface area contributed by atoms with Crippen molar-refractivity contribution in [2.24, 2.45) is 0 Å². The van der Waals surface area contributed by atoms with Crippen LogP contribution in [0.2, 0.25) is 0 Å². The molecule has 4 rings (SSSR count). The third kappa shape index (κ3) is 3.83. The molecular weight excluding hydrogens is 382 g/mol. The lowest BCUT2D eigenvalue weighted by molar-refractivity contribution is 0.0353. The van der Waals surface area contributed by atoms with Crippen molar-refractivity contribution in [1.29, 1.82) is 0 Å². The van der Waals surface area contributed by atoms with Crippen LogP contribution in [-0.4, -0.2) is 47.1 Å². The van der Waals surface area contributed by atoms with E-state index in [1.807, 2.05) is 24.8 Å². The number of hydrogen-bond acceptors (Lipinski definition) is 4. The van der Waals surface area contributed by atoms with Gasteiger partial charge >= 0.3 is 0 Å². The number of methoxy groups -OCH3 is 1. The molecule has 0 unspecified atom stereocenters. The highest BCUT2D eigenvalue weighted by atomic mass is 32.1. The first-order valence-corrected chi connectivity index (χ1v) is 11.1. The lowest BCUT2D eigenvalue weighted by Gasteiger charge is -2.30. The number of aromatic nitrogens is 2. The zero-order valence-electron chi connectivity index (χ0n) is 17.8. The van der Waals surface area contributed by atoms with Crippen LogP contribution in [0.4, 0.5) is 0 Å². The quantitative estimate of drug-likeness (QED) is 0.635. The number of carbonyl (C=O) groups excluding carboxylic acids is 1. The van der Waals surface area contributed by atoms with Crippen molar-refractivity contribution in [2.45, 2.75) is 52.6 Å². The van der Waals surface area contributed by atoms with Crippen molar-refractivity contribution in [1.82, 2.24) is 14.9 Å². The number of thiophene rings is 1. The number of pyridine rings is 1. The van der Waals surface area contributed by atoms with Gasteiger partial charge in [-0.1, -0.05) is 13.8 Å². The first-order valence-electron chi connectivity index (χ1n) is 10.3. The van der Waals surface area contributed by atoms with Gasteiger partial charge in [0.25, 0.3) is 5.91 Å². The van der Waals surface area contributed by atoms with Crippen LogP contribution in [-0.2, 0) is 4.74 Å². The van der Waals surface area contributed by atoms with Crippen LogP contribution in [0.25, 0.3) is 21.5 Å². The first-order chi connectivity index (χ1) is 13.9. The molecule has 6 heteroatoms. The van der Waals surface area contributed by atoms with Crippen molar-refractivity contribution in [3.63, 3.8) is 0 Å². The number of hydrogen-bond donors (Lipinski definition) is 1. The van der Waals surface area contributed by atoms with Crippen molar-refractivity contribution in [3.8, 4) is 11.3 Å². The normalized spacial score (nSPS) is 15.6. The molecule has 0 saturated carbocycles. The highest BCUT2D eigenvalue weighted by Gasteiger charge is 2.26. The molecule has 1 saturated heterocycles. The predicted octanol–water partition coefficient (Wildman–Crippen LogP) is 5.28. The van der Waals surface area contributed by atoms with E-state index in [0.29, 0.717) is 5.92 Å². The van der Waals surface area contributed by atoms with Crippen LogP contribution in [0.3, 0.4) is 0 Å². The highest BCUT2D eigenvalue weighted by Crippen LogP contribution is 2.40. The summed E-state index contributed by atoms with van der Waals surface area (Å²) in [7, 11) is 1.75. The van der Waals surface area contributed by atoms with Crippen molar-refractivity contribution in [2.75, 3.05) is 20.2 Å². The van der Waals surface area contributed by atoms with Crippen LogP contribution in [0, 0.1) is 13.8 Å². The SMILES string of the molecule is COC1CCN(C(=O)c2cc3[nH]c(-c4cc(C)nc(C)c4)c(C(C)C)c3s2)CC1. The van der Waals surface area contributed by atoms with E-state index in [0.717, 1.165) is 59.0 Å². The van der Waals surface area contributed by atoms with Gasteiger partial charge in [0.1, 0.15) is 0 Å². The van der Waals surface area contributed by atoms with Gasteiger partial charge in [0.15, 0.2) is 0 Å². The minimum Gasteiger partial charge on any atom is -0.381 e. The van der Waals surface area contributed by atoms with Gasteiger partial charge in [-0.15, -0.1) is 11.3 Å². The predicted molar refractivity (Wildman–Crippen MR) is 119 cm³/mol. The van der Waals surface area contributed by atoms with E-state index in [1.165, 1.54) is 10.3 Å². The summed E-state index contributed by atoms with van der Waals surface area (Å²) in [5.41, 5.74) is 6.68. The van der Waals surface area contributed by atoms with Crippen LogP contribution < -0.4 is 0 Å². The zero-order chi connectivity index (χ0) is 20.7. The Morgan fingerprint density at radius 1 is 1.21 bits per heavy atom. The average Bonchev–Trinajstić information content (AvgIpc) is 3.24. The van der Waals surface area contributed by atoms with Crippen molar-refractivity contribution < 1.29 is 9.53 Å². The molecule has 3 aromatic heterocycles. The third-order valence-electron chi connectivity index (χ3n) is 5.73. The van der Waals surface area contributed by atoms with Gasteiger partial charge in [-0.2, -0.15) is 0 Å². The Hall–Kier alpha value is -2.18. The largest absolute Gasteiger partial charge is 0.381 e. The Kier molecular flexibility index (Phi) is 5.49. The molecule has 0 radical (unpaired) electrons. The number of rotatable bonds is 4. The minimum absolute atomic E-state index is 0.140. The molecular formula is C23H29N3O2S. The van der Waals surface area contributed by atoms with Crippen LogP contribution in [0.15, 0.2) is 18.2 Å². The Bertz CT molecular complexity index is 1020. The summed E-state index contributed by atoms with van der Waals surface area (Å²) in [5.74, 6) is 0.493. The fourth-order valence-electron chi connectivity index (χ4n) is 4.31. The van der Waals surface area contributed by atoms with E-state index in [4.69, 9.17) is 4.74 Å². The monoisotopic (exact) mass is 411 g/mol. The molecule has 0 spiro atoms. The molecule has 0 bridgehead atoms. The lowest BCUT2D eigenvalue weighted by Crippen LogP contribution is -2.40. The lowest BCUT2D eigenvalue weighted by atomic mass is 9.99. The second kappa shape index (κ2) is 7.92. The number of H-pyrrole nitrogens is 1. The van der Waals surface area contributed by atoms with E-state index < -0.39 is 0 Å². The molecule has 1 N–H and O–H groups in total. The minimum atomic E-state index is 0.140. The molecule has 1 fully saturated rings. The van der Waals surface area contributed by atoms with Gasteiger partial charge < -0.3 is 14.6 Å². The van der Waals surface area contributed by atoms with Gasteiger partial charge in [0.2, 0.25) is 0 Å². The standard InChI is InChI=1S/C23H29N3O2S/c1-13(2)20-21(16-10-14(3)24-15(4)11-16)25-18-12-19(29-22(18)20)23(27)26-8-6-17(28-5)7-9-26/h10-13,17,25H,6-9H2,1-5H3. The summed E-state index contributed by atoms with van der Waals surface area (Å²) in [6, 6.07) is 6.28. The maximum atomic E-state index is 13.1. The Balaban J connectivity index is 1.69. The Morgan fingerprint density at radius 2 is 1.86 bits per heavy atom. The number of likely N-dealkylation sites (tertiary alicyclic amines) is 1. The number of nitrogens with zero attached hydrogens (tertiary/aromatic N) is 2. The van der Waals surface area contributed by atoms with Crippen molar-refractivity contribution >= 4 is 27.5 Å². The number of carbonyl (C=O) groups is 1. The molecule has 0 aromatic carbocycles. The maximum Gasteiger partial charge on any atom is 0.264 e. The fourth-order valence-corrected chi connectivity index (χ4v) is 5.59. The van der Waals surface area contributed by atoms with Gasteiger partial charge in [-0.25, -0.2) is 0 Å². The van der Waals surface area contributed by atoms with E-state index in [9.17, 15) is 4.79 Å². The number of aryl methyl sites for hydroxylation is 2. The van der Waals surface area contributed by atoms with Gasteiger partial charge in [-0.05, 0) is 56.4 Å². The summed E-state index contributed by atoms with van der Waals surface area (Å²) in [6.45, 7) is 10.0. The summed E-state index contributed by atoms with van der Waals surface area (Å²) in [6.07, 6.45) is 2.10. The van der Waals surface area contributed by atoms with Crippen LogP contribution in [0.5, 0.6) is 0 Å². The van der Waals surface area contributed by atoms with Gasteiger partial charge in [-0.3, -0.25) is 9.78 Å². The van der Waals surface area contributed by atoms with Gasteiger partial charge in [0.05, 0.1) is 26.9 Å². The van der Waals surface area contributed by atoms with E-state index in [1.54, 1.807) is 18.4 Å². The Labute approximate surface area is 176 Å². The molecule has 1 aliphatic rings. The molecule has 4 heterocycles. The molecule has 154 valence electrons. The maximum absolute atomic E-state index is 13.1. The number of piperidine rings is 1. The fraction of sp³-hybridized carbons (Fsp3) is 0.478. The molecule has 29 heavy (non-hydrogen) atoms. The van der Waals surface area contributed by atoms with E-state index in [-0.39, 0.29) is 12.0 Å². The summed E-state index contributed by atoms with van der Waals surface area (Å²) in [4.78, 5) is 24.0. The molecule has 1 aliphatic heterocycles. The van der Waals surface area contributed by atoms with E-state index in [2.05, 4.69) is 35.9 Å². The van der Waals surface area contributed by atoms with Crippen LogP contribution >= 0.6 is 11.3 Å². The van der Waals surface area contributed by atoms with Crippen LogP contribution in [0.1, 0.15) is 59.2 Å². The van der Waals surface area contributed by atoms with E-state index >= 15 is 0 Å². The Morgan fingerprint density at radius 3 is 2.45 bits per heavy atom. The molecule has 5 nitrogen and oxygen atoms in total. The number of aromatic amines is 1. The number of amides is 1. The summed E-state index contributed by atoms with van der Waals surface area (Å²) < 4.78 is 6.62. The molecule has 3 aromatic rings. The number of nitrogens with one attached hydrogen (secondary N) is 1. The zero-order valence-corrected chi connectivity index (χ0v) is 18.7. The second-order valence-corrected chi connectivity index (χ2v) is 9.34. The average molecular weight is 412 g/mol. The third-order valence-corrected chi connectivity index (χ3v) is 6.88. The molecule has 0 aliphatic carbocycles. The first kappa shape index (κ1) is 20.1. The second-order valence-electron chi connectivity index (χ2n) is 8.29.